The molecule has 2 nitrogen and oxygen atoms in total. The van der Waals surface area contributed by atoms with Crippen LogP contribution < -0.4 is 5.32 Å². The molecule has 1 fully saturated rings. The zero-order chi connectivity index (χ0) is 7.23. The summed E-state index contributed by atoms with van der Waals surface area (Å²) in [5, 5.41) is 3.22. The van der Waals surface area contributed by atoms with Crippen molar-refractivity contribution < 1.29 is 0 Å². The van der Waals surface area contributed by atoms with Gasteiger partial charge in [-0.25, -0.2) is 0 Å². The molecule has 1 saturated heterocycles. The maximum Gasteiger partial charge on any atom is 0.0893 e. The molecule has 1 aliphatic rings. The molecule has 0 bridgehead atoms. The van der Waals surface area contributed by atoms with Crippen molar-refractivity contribution in [3.63, 3.8) is 0 Å². The summed E-state index contributed by atoms with van der Waals surface area (Å²) in [5.41, 5.74) is 0. The number of hydrogen-bond donors (Lipinski definition) is 1. The molecule has 1 radical (unpaired) electrons. The number of piperidine rings is 1. The molecule has 0 aromatic heterocycles. The van der Waals surface area contributed by atoms with Crippen LogP contribution in [0.3, 0.4) is 0 Å². The Morgan fingerprint density at radius 1 is 1.30 bits per heavy atom. The lowest BCUT2D eigenvalue weighted by Crippen LogP contribution is -2.33. The Morgan fingerprint density at radius 3 is 2.60 bits per heavy atom. The van der Waals surface area contributed by atoms with E-state index in [0.29, 0.717) is 0 Å². The molecule has 1 heterocycles. The normalized spacial score (nSPS) is 21.3. The zero-order valence-corrected chi connectivity index (χ0v) is 6.77. The lowest BCUT2D eigenvalue weighted by molar-refractivity contribution is 0.261. The molecule has 0 aliphatic carbocycles. The van der Waals surface area contributed by atoms with Crippen LogP contribution in [-0.4, -0.2) is 24.5 Å². The van der Waals surface area contributed by atoms with Gasteiger partial charge in [-0.1, -0.05) is 13.3 Å². The summed E-state index contributed by atoms with van der Waals surface area (Å²) in [6.07, 6.45) is 4.14. The van der Waals surface area contributed by atoms with Gasteiger partial charge in [-0.05, 0) is 32.5 Å². The second-order valence-electron chi connectivity index (χ2n) is 2.78. The van der Waals surface area contributed by atoms with E-state index in [4.69, 9.17) is 0 Å². The predicted molar refractivity (Wildman–Crippen MR) is 43.4 cm³/mol. The van der Waals surface area contributed by atoms with Crippen LogP contribution in [0.5, 0.6) is 0 Å². The first kappa shape index (κ1) is 8.02. The van der Waals surface area contributed by atoms with Crippen molar-refractivity contribution in [1.29, 1.82) is 0 Å². The third-order valence-electron chi connectivity index (χ3n) is 1.87. The first-order valence-corrected chi connectivity index (χ1v) is 4.24. The lowest BCUT2D eigenvalue weighted by Gasteiger charge is -2.25. The SMILES string of the molecule is CCN[CH]N1CCCCC1. The zero-order valence-electron chi connectivity index (χ0n) is 6.77. The Kier molecular flexibility index (Phi) is 3.76. The molecule has 0 spiro atoms. The van der Waals surface area contributed by atoms with E-state index < -0.39 is 0 Å². The summed E-state index contributed by atoms with van der Waals surface area (Å²) in [6, 6.07) is 0. The van der Waals surface area contributed by atoms with E-state index in [1.165, 1.54) is 32.4 Å². The van der Waals surface area contributed by atoms with Crippen LogP contribution in [0, 0.1) is 6.67 Å². The summed E-state index contributed by atoms with van der Waals surface area (Å²) >= 11 is 0. The third-order valence-corrected chi connectivity index (χ3v) is 1.87. The second-order valence-corrected chi connectivity index (χ2v) is 2.78. The van der Waals surface area contributed by atoms with E-state index in [1.54, 1.807) is 0 Å². The van der Waals surface area contributed by atoms with Crippen molar-refractivity contribution in [1.82, 2.24) is 10.2 Å². The summed E-state index contributed by atoms with van der Waals surface area (Å²) in [7, 11) is 0. The Balaban J connectivity index is 2.02. The molecule has 1 aliphatic heterocycles. The van der Waals surface area contributed by atoms with E-state index in [9.17, 15) is 0 Å². The first-order chi connectivity index (χ1) is 4.93. The van der Waals surface area contributed by atoms with Crippen molar-refractivity contribution in [3.8, 4) is 0 Å². The predicted octanol–water partition coefficient (Wildman–Crippen LogP) is 1.20. The molecular weight excluding hydrogens is 124 g/mol. The van der Waals surface area contributed by atoms with Gasteiger partial charge in [0.05, 0.1) is 6.67 Å². The van der Waals surface area contributed by atoms with Gasteiger partial charge in [0.15, 0.2) is 0 Å². The fourth-order valence-electron chi connectivity index (χ4n) is 1.27. The van der Waals surface area contributed by atoms with Crippen LogP contribution in [0.4, 0.5) is 0 Å². The number of rotatable bonds is 3. The van der Waals surface area contributed by atoms with Crippen molar-refractivity contribution in [2.24, 2.45) is 0 Å². The Hall–Kier alpha value is -0.0800. The van der Waals surface area contributed by atoms with Gasteiger partial charge in [-0.2, -0.15) is 0 Å². The molecule has 0 saturated carbocycles. The summed E-state index contributed by atoms with van der Waals surface area (Å²) in [4.78, 5) is 2.37. The van der Waals surface area contributed by atoms with Crippen LogP contribution in [0.2, 0.25) is 0 Å². The van der Waals surface area contributed by atoms with Gasteiger partial charge in [0.25, 0.3) is 0 Å². The standard InChI is InChI=1S/C8H17N2/c1-2-9-8-10-6-4-3-5-7-10/h8-9H,2-7H2,1H3. The average Bonchev–Trinajstić information content (AvgIpc) is 2.03. The van der Waals surface area contributed by atoms with Gasteiger partial charge in [0.2, 0.25) is 0 Å². The summed E-state index contributed by atoms with van der Waals surface area (Å²) in [5.74, 6) is 0. The minimum absolute atomic E-state index is 1.04. The molecule has 1 rings (SSSR count). The molecule has 59 valence electrons. The minimum Gasteiger partial charge on any atom is -0.300 e. The maximum atomic E-state index is 3.22. The van der Waals surface area contributed by atoms with Gasteiger partial charge in [0.1, 0.15) is 0 Å². The van der Waals surface area contributed by atoms with E-state index >= 15 is 0 Å². The monoisotopic (exact) mass is 141 g/mol. The number of nitrogens with one attached hydrogen (secondary N) is 1. The van der Waals surface area contributed by atoms with Gasteiger partial charge in [-0.15, -0.1) is 0 Å². The largest absolute Gasteiger partial charge is 0.300 e. The van der Waals surface area contributed by atoms with Crippen LogP contribution >= 0.6 is 0 Å². The van der Waals surface area contributed by atoms with Crippen molar-refractivity contribution >= 4 is 0 Å². The Morgan fingerprint density at radius 2 is 2.00 bits per heavy atom. The van der Waals surface area contributed by atoms with Crippen LogP contribution in [0.15, 0.2) is 0 Å². The molecule has 0 amide bonds. The summed E-state index contributed by atoms with van der Waals surface area (Å²) < 4.78 is 0. The highest BCUT2D eigenvalue weighted by Gasteiger charge is 2.08. The van der Waals surface area contributed by atoms with Gasteiger partial charge < -0.3 is 0 Å². The molecule has 2 heteroatoms. The van der Waals surface area contributed by atoms with Crippen molar-refractivity contribution in [2.45, 2.75) is 26.2 Å². The number of nitrogens with zero attached hydrogens (tertiary/aromatic N) is 1. The molecular formula is C8H17N2. The Labute approximate surface area is 63.6 Å². The first-order valence-electron chi connectivity index (χ1n) is 4.24. The van der Waals surface area contributed by atoms with Crippen LogP contribution in [-0.2, 0) is 0 Å². The smallest absolute Gasteiger partial charge is 0.0893 e. The van der Waals surface area contributed by atoms with E-state index in [0.717, 1.165) is 6.54 Å². The second kappa shape index (κ2) is 4.69. The highest BCUT2D eigenvalue weighted by Crippen LogP contribution is 2.08. The van der Waals surface area contributed by atoms with Crippen molar-refractivity contribution in [3.05, 3.63) is 6.67 Å². The quantitative estimate of drug-likeness (QED) is 0.635. The van der Waals surface area contributed by atoms with Gasteiger partial charge in [-0.3, -0.25) is 10.2 Å². The van der Waals surface area contributed by atoms with Gasteiger partial charge in [0, 0.05) is 0 Å². The lowest BCUT2D eigenvalue weighted by atomic mass is 10.1. The van der Waals surface area contributed by atoms with E-state index in [-0.39, 0.29) is 0 Å². The molecule has 0 aromatic rings. The molecule has 10 heavy (non-hydrogen) atoms. The highest BCUT2D eigenvalue weighted by molar-refractivity contribution is 4.69. The fourth-order valence-corrected chi connectivity index (χ4v) is 1.27. The van der Waals surface area contributed by atoms with Gasteiger partial charge >= 0.3 is 0 Å². The van der Waals surface area contributed by atoms with Crippen molar-refractivity contribution in [2.75, 3.05) is 19.6 Å². The highest BCUT2D eigenvalue weighted by atomic mass is 15.2. The number of likely N-dealkylation sites (tertiary alicyclic amines) is 1. The molecule has 0 unspecified atom stereocenters. The molecule has 0 atom stereocenters. The fraction of sp³-hybridized carbons (Fsp3) is 0.875. The third kappa shape index (κ3) is 2.67. The summed E-state index contributed by atoms with van der Waals surface area (Å²) in [6.45, 7) is 7.77. The Bertz CT molecular complexity index is 77.3. The average molecular weight is 141 g/mol. The van der Waals surface area contributed by atoms with E-state index in [2.05, 4.69) is 23.8 Å². The number of hydrogen-bond acceptors (Lipinski definition) is 2. The van der Waals surface area contributed by atoms with E-state index in [1.807, 2.05) is 0 Å². The minimum atomic E-state index is 1.04. The molecule has 1 N–H and O–H groups in total. The van der Waals surface area contributed by atoms with Crippen LogP contribution in [0.25, 0.3) is 0 Å². The van der Waals surface area contributed by atoms with Crippen LogP contribution in [0.1, 0.15) is 26.2 Å². The maximum absolute atomic E-state index is 3.22. The molecule has 0 aromatic carbocycles. The topological polar surface area (TPSA) is 15.3 Å².